The minimum absolute atomic E-state index is 0.157. The van der Waals surface area contributed by atoms with Crippen molar-refractivity contribution in [1.29, 1.82) is 0 Å². The molecular weight excluding hydrogens is 350 g/mol. The Bertz CT molecular complexity index is 1190. The number of ketones is 1. The van der Waals surface area contributed by atoms with Gasteiger partial charge in [0.15, 0.2) is 5.78 Å². The van der Waals surface area contributed by atoms with Crippen LogP contribution in [0.15, 0.2) is 42.5 Å². The molecule has 0 radical (unpaired) electrons. The van der Waals surface area contributed by atoms with Crippen molar-refractivity contribution < 1.29 is 17.9 Å². The lowest BCUT2D eigenvalue weighted by Gasteiger charge is -2.33. The fourth-order valence-electron chi connectivity index (χ4n) is 3.98. The highest BCUT2D eigenvalue weighted by atomic mass is 32.2. The number of hydrogen-bond acceptors (Lipinski definition) is 4. The zero-order valence-corrected chi connectivity index (χ0v) is 15.8. The summed E-state index contributed by atoms with van der Waals surface area (Å²) in [6.45, 7) is 3.88. The fourth-order valence-corrected chi connectivity index (χ4v) is 5.15. The Labute approximate surface area is 152 Å². The smallest absolute Gasteiger partial charge is 0.236 e. The Hall–Kier alpha value is -2.60. The number of para-hydroxylation sites is 1. The molecule has 0 atom stereocenters. The summed E-state index contributed by atoms with van der Waals surface area (Å²) in [5.41, 5.74) is 2.17. The van der Waals surface area contributed by atoms with E-state index >= 15 is 0 Å². The lowest BCUT2D eigenvalue weighted by molar-refractivity contribution is 0.103. The van der Waals surface area contributed by atoms with Gasteiger partial charge in [-0.1, -0.05) is 32.0 Å². The van der Waals surface area contributed by atoms with E-state index in [2.05, 4.69) is 0 Å². The summed E-state index contributed by atoms with van der Waals surface area (Å²) in [5.74, 6) is 0.477. The van der Waals surface area contributed by atoms with E-state index in [9.17, 15) is 13.2 Å². The molecule has 1 heterocycles. The monoisotopic (exact) mass is 369 g/mol. The summed E-state index contributed by atoms with van der Waals surface area (Å²) in [6, 6.07) is 12.5. The Balaban J connectivity index is 2.21. The molecule has 0 spiro atoms. The van der Waals surface area contributed by atoms with Gasteiger partial charge in [-0.05, 0) is 29.8 Å². The van der Waals surface area contributed by atoms with Crippen molar-refractivity contribution in [2.24, 2.45) is 0 Å². The van der Waals surface area contributed by atoms with Crippen LogP contribution in [0.3, 0.4) is 0 Å². The zero-order valence-electron chi connectivity index (χ0n) is 15.0. The summed E-state index contributed by atoms with van der Waals surface area (Å²) in [5, 5.41) is 0.660. The third-order valence-electron chi connectivity index (χ3n) is 5.13. The highest BCUT2D eigenvalue weighted by molar-refractivity contribution is 7.89. The van der Waals surface area contributed by atoms with Crippen LogP contribution in [0, 0.1) is 0 Å². The van der Waals surface area contributed by atoms with E-state index in [-0.39, 0.29) is 5.78 Å². The van der Waals surface area contributed by atoms with Crippen molar-refractivity contribution in [3.63, 3.8) is 0 Å². The van der Waals surface area contributed by atoms with Gasteiger partial charge in [-0.2, -0.15) is 0 Å². The van der Waals surface area contributed by atoms with Gasteiger partial charge in [-0.25, -0.2) is 12.4 Å². The zero-order chi connectivity index (χ0) is 18.9. The van der Waals surface area contributed by atoms with Crippen molar-refractivity contribution >= 4 is 26.7 Å². The van der Waals surface area contributed by atoms with Gasteiger partial charge in [0.1, 0.15) is 5.75 Å². The molecule has 5 nitrogen and oxygen atoms in total. The molecule has 0 fully saturated rings. The molecular formula is C20H19NO4S. The van der Waals surface area contributed by atoms with Gasteiger partial charge >= 0.3 is 0 Å². The number of benzene rings is 2. The first-order valence-corrected chi connectivity index (χ1v) is 10.1. The quantitative estimate of drug-likeness (QED) is 0.695. The van der Waals surface area contributed by atoms with Gasteiger partial charge in [-0.15, -0.1) is 0 Å². The summed E-state index contributed by atoms with van der Waals surface area (Å²) in [7, 11) is -2.04. The van der Waals surface area contributed by atoms with Crippen molar-refractivity contribution in [1.82, 2.24) is 3.97 Å². The van der Waals surface area contributed by atoms with E-state index in [1.807, 2.05) is 26.0 Å². The summed E-state index contributed by atoms with van der Waals surface area (Å²) < 4.78 is 31.9. The molecule has 3 aromatic rings. The number of hydrogen-bond donors (Lipinski definition) is 0. The lowest BCUT2D eigenvalue weighted by Crippen LogP contribution is -2.34. The predicted molar refractivity (Wildman–Crippen MR) is 101 cm³/mol. The molecule has 0 bridgehead atoms. The van der Waals surface area contributed by atoms with Crippen LogP contribution in [0.1, 0.15) is 41.0 Å². The first-order valence-electron chi connectivity index (χ1n) is 8.25. The van der Waals surface area contributed by atoms with Crippen LogP contribution in [0.4, 0.5) is 0 Å². The van der Waals surface area contributed by atoms with Crippen LogP contribution in [0.5, 0.6) is 5.75 Å². The Morgan fingerprint density at radius 2 is 1.77 bits per heavy atom. The van der Waals surface area contributed by atoms with E-state index in [0.29, 0.717) is 33.5 Å². The second-order valence-electron chi connectivity index (χ2n) is 7.13. The minimum Gasteiger partial charge on any atom is -0.497 e. The molecule has 0 amide bonds. The fraction of sp³-hybridized carbons (Fsp3) is 0.250. The maximum atomic E-state index is 13.3. The summed E-state index contributed by atoms with van der Waals surface area (Å²) in [6.07, 6.45) is 1.17. The third kappa shape index (κ3) is 2.08. The predicted octanol–water partition coefficient (Wildman–Crippen LogP) is 3.33. The molecule has 2 aromatic carbocycles. The standard InChI is InChI=1S/C20H19NO4S/c1-20(2)15-11-12(25-3)9-10-13(15)18(22)17-14-7-5-6-8-16(14)21(19(17)20)26(4,23)24/h5-11H,1-4H3. The van der Waals surface area contributed by atoms with Crippen molar-refractivity contribution in [2.75, 3.05) is 13.4 Å². The molecule has 134 valence electrons. The highest BCUT2D eigenvalue weighted by Crippen LogP contribution is 2.46. The third-order valence-corrected chi connectivity index (χ3v) is 6.17. The first-order chi connectivity index (χ1) is 12.2. The molecule has 1 aliphatic carbocycles. The number of methoxy groups -OCH3 is 1. The molecule has 26 heavy (non-hydrogen) atoms. The molecule has 4 rings (SSSR count). The van der Waals surface area contributed by atoms with E-state index in [1.54, 1.807) is 37.4 Å². The second-order valence-corrected chi connectivity index (χ2v) is 8.96. The molecule has 0 saturated heterocycles. The Kier molecular flexibility index (Phi) is 3.37. The van der Waals surface area contributed by atoms with Crippen molar-refractivity contribution in [3.05, 3.63) is 64.8 Å². The van der Waals surface area contributed by atoms with E-state index in [0.717, 1.165) is 5.56 Å². The number of rotatable bonds is 2. The number of carbonyl (C=O) groups is 1. The van der Waals surface area contributed by atoms with Crippen LogP contribution >= 0.6 is 0 Å². The molecule has 1 aromatic heterocycles. The molecule has 1 aliphatic rings. The van der Waals surface area contributed by atoms with Crippen LogP contribution < -0.4 is 4.74 Å². The van der Waals surface area contributed by atoms with Crippen molar-refractivity contribution in [2.45, 2.75) is 19.3 Å². The van der Waals surface area contributed by atoms with E-state index in [1.165, 1.54) is 10.2 Å². The van der Waals surface area contributed by atoms with Gasteiger partial charge in [0.05, 0.1) is 30.1 Å². The van der Waals surface area contributed by atoms with Crippen LogP contribution in [0.2, 0.25) is 0 Å². The van der Waals surface area contributed by atoms with Gasteiger partial charge in [0.2, 0.25) is 10.0 Å². The van der Waals surface area contributed by atoms with Crippen LogP contribution in [-0.2, 0) is 15.4 Å². The van der Waals surface area contributed by atoms with Gasteiger partial charge in [0, 0.05) is 16.4 Å². The highest BCUT2D eigenvalue weighted by Gasteiger charge is 2.43. The number of carbonyl (C=O) groups excluding carboxylic acids is 1. The largest absolute Gasteiger partial charge is 0.497 e. The summed E-state index contributed by atoms with van der Waals surface area (Å²) in [4.78, 5) is 13.3. The first kappa shape index (κ1) is 16.8. The number of fused-ring (bicyclic) bond motifs is 4. The lowest BCUT2D eigenvalue weighted by atomic mass is 9.71. The van der Waals surface area contributed by atoms with Crippen LogP contribution in [-0.4, -0.2) is 31.5 Å². The van der Waals surface area contributed by atoms with Gasteiger partial charge in [-0.3, -0.25) is 4.79 Å². The maximum absolute atomic E-state index is 13.3. The van der Waals surface area contributed by atoms with E-state index < -0.39 is 15.4 Å². The number of nitrogens with zero attached hydrogens (tertiary/aromatic N) is 1. The van der Waals surface area contributed by atoms with Gasteiger partial charge in [0.25, 0.3) is 0 Å². The topological polar surface area (TPSA) is 65.4 Å². The van der Waals surface area contributed by atoms with E-state index in [4.69, 9.17) is 4.74 Å². The van der Waals surface area contributed by atoms with Crippen LogP contribution in [0.25, 0.3) is 10.9 Å². The molecule has 0 unspecified atom stereocenters. The average molecular weight is 369 g/mol. The normalized spacial score (nSPS) is 15.6. The maximum Gasteiger partial charge on any atom is 0.236 e. The number of ether oxygens (including phenoxy) is 1. The van der Waals surface area contributed by atoms with Gasteiger partial charge < -0.3 is 4.74 Å². The Morgan fingerprint density at radius 1 is 1.08 bits per heavy atom. The SMILES string of the molecule is COc1ccc2c(c1)C(C)(C)c1c(c3ccccc3n1S(C)(=O)=O)C2=O. The molecule has 0 N–H and O–H groups in total. The number of aromatic nitrogens is 1. The molecule has 6 heteroatoms. The van der Waals surface area contributed by atoms with Crippen molar-refractivity contribution in [3.8, 4) is 5.75 Å². The second kappa shape index (κ2) is 5.20. The Morgan fingerprint density at radius 3 is 2.42 bits per heavy atom. The summed E-state index contributed by atoms with van der Waals surface area (Å²) >= 11 is 0. The minimum atomic E-state index is -3.61. The average Bonchev–Trinajstić information content (AvgIpc) is 2.96. The molecule has 0 saturated carbocycles. The molecule has 0 aliphatic heterocycles.